The zero-order valence-electron chi connectivity index (χ0n) is 55.4. The number of H-pyrrole nitrogens is 2. The second-order valence-corrected chi connectivity index (χ2v) is 24.9. The number of likely N-dealkylation sites (tertiary alicyclic amines) is 1. The molecule has 0 saturated carbocycles. The fourth-order valence-corrected chi connectivity index (χ4v) is 12.6. The lowest BCUT2D eigenvalue weighted by atomic mass is 9.74. The number of hydrogen-bond donors (Lipinski definition) is 4. The average molecular weight is 1440 g/mol. The molecule has 2 aliphatic rings. The lowest BCUT2D eigenvalue weighted by molar-refractivity contribution is -0.145. The number of alkyl halides is 12. The van der Waals surface area contributed by atoms with Crippen LogP contribution in [0.25, 0.3) is 0 Å². The van der Waals surface area contributed by atoms with Gasteiger partial charge in [-0.2, -0.15) is 62.9 Å². The second kappa shape index (κ2) is 32.7. The van der Waals surface area contributed by atoms with Gasteiger partial charge < -0.3 is 34.1 Å². The Balaban J connectivity index is 0.000000236. The Morgan fingerprint density at radius 3 is 1.25 bits per heavy atom. The summed E-state index contributed by atoms with van der Waals surface area (Å²) in [6.07, 6.45) is -19.4. The van der Waals surface area contributed by atoms with E-state index < -0.39 is 98.8 Å². The fraction of sp³-hybridized carbons (Fsp3) is 0.356. The molecule has 6 atom stereocenters. The number of halogens is 12. The first kappa shape index (κ1) is 76.8. The van der Waals surface area contributed by atoms with Crippen LogP contribution in [-0.2, 0) is 90.4 Å². The topological polar surface area (TPSA) is 200 Å². The molecule has 0 radical (unpaired) electrons. The first-order chi connectivity index (χ1) is 48.5. The summed E-state index contributed by atoms with van der Waals surface area (Å²) in [4.78, 5) is 41.8. The summed E-state index contributed by atoms with van der Waals surface area (Å²) in [7, 11) is 1.00. The van der Waals surface area contributed by atoms with E-state index in [0.29, 0.717) is 54.8 Å². The van der Waals surface area contributed by atoms with Crippen LogP contribution in [0.15, 0.2) is 210 Å². The number of nitrogens with one attached hydrogen (secondary N) is 3. The Morgan fingerprint density at radius 2 is 0.853 bits per heavy atom. The van der Waals surface area contributed by atoms with Crippen LogP contribution in [0.4, 0.5) is 57.5 Å². The predicted molar refractivity (Wildman–Crippen MR) is 350 cm³/mol. The van der Waals surface area contributed by atoms with E-state index in [1.807, 2.05) is 97.1 Å². The monoisotopic (exact) mass is 1430 g/mol. The molecule has 0 bridgehead atoms. The van der Waals surface area contributed by atoms with E-state index in [9.17, 15) is 67.1 Å². The van der Waals surface area contributed by atoms with Crippen LogP contribution >= 0.6 is 0 Å². The van der Waals surface area contributed by atoms with Gasteiger partial charge in [-0.15, -0.1) is 0 Å². The summed E-state index contributed by atoms with van der Waals surface area (Å²) in [6.45, 7) is 2.90. The van der Waals surface area contributed by atoms with Gasteiger partial charge in [0.15, 0.2) is 0 Å². The summed E-state index contributed by atoms with van der Waals surface area (Å²) >= 11 is 0. The van der Waals surface area contributed by atoms with Crippen LogP contribution in [0.3, 0.4) is 0 Å². The van der Waals surface area contributed by atoms with E-state index in [4.69, 9.17) is 28.8 Å². The summed E-state index contributed by atoms with van der Waals surface area (Å²) < 4.78 is 197. The number of piperidine rings is 2. The molecule has 102 heavy (non-hydrogen) atoms. The third-order valence-electron chi connectivity index (χ3n) is 18.2. The number of carbonyl (C=O) groups excluding carboxylic acids is 1. The van der Waals surface area contributed by atoms with Crippen molar-refractivity contribution in [1.29, 1.82) is 0 Å². The zero-order valence-corrected chi connectivity index (χ0v) is 55.4. The fourth-order valence-electron chi connectivity index (χ4n) is 12.6. The maximum Gasteiger partial charge on any atom is 0.416 e. The van der Waals surface area contributed by atoms with Gasteiger partial charge in [-0.25, -0.2) is 24.6 Å². The number of aliphatic hydroxyl groups excluding tert-OH is 1. The van der Waals surface area contributed by atoms with E-state index >= 15 is 0 Å². The van der Waals surface area contributed by atoms with E-state index in [2.05, 4.69) is 25.7 Å². The highest BCUT2D eigenvalue weighted by atomic mass is 19.4. The van der Waals surface area contributed by atoms with Crippen LogP contribution < -0.4 is 16.7 Å². The van der Waals surface area contributed by atoms with Gasteiger partial charge in [-0.05, 0) is 115 Å². The molecule has 9 aromatic rings. The lowest BCUT2D eigenvalue weighted by Gasteiger charge is -2.53. The van der Waals surface area contributed by atoms with Gasteiger partial charge >= 0.3 is 42.2 Å². The van der Waals surface area contributed by atoms with Gasteiger partial charge in [0.1, 0.15) is 19.3 Å². The molecule has 4 heterocycles. The molecule has 2 aliphatic heterocycles. The molecule has 7 aromatic carbocycles. The molecular weight excluding hydrogens is 1360 g/mol. The van der Waals surface area contributed by atoms with Crippen molar-refractivity contribution in [1.82, 2.24) is 39.7 Å². The normalized spacial score (nSPS) is 20.1. The van der Waals surface area contributed by atoms with Crippen molar-refractivity contribution < 1.29 is 86.3 Å². The number of amides is 1. The van der Waals surface area contributed by atoms with Crippen LogP contribution in [0, 0.1) is 0 Å². The number of nitrogens with zero attached hydrogens (tertiary/aromatic N) is 5. The quantitative estimate of drug-likeness (QED) is 0.0469. The van der Waals surface area contributed by atoms with Crippen molar-refractivity contribution in [3.8, 4) is 0 Å². The molecule has 11 rings (SSSR count). The Hall–Kier alpha value is -9.39. The summed E-state index contributed by atoms with van der Waals surface area (Å²) in [5.74, 6) is 0. The van der Waals surface area contributed by atoms with E-state index in [-0.39, 0.29) is 88.8 Å². The van der Waals surface area contributed by atoms with E-state index in [1.165, 1.54) is 40.5 Å². The Morgan fingerprint density at radius 1 is 0.480 bits per heavy atom. The van der Waals surface area contributed by atoms with Gasteiger partial charge in [0.25, 0.3) is 0 Å². The average Bonchev–Trinajstić information content (AvgIpc) is 1.07. The predicted octanol–water partition coefficient (Wildman–Crippen LogP) is 14.8. The largest absolute Gasteiger partial charge is 0.445 e. The number of hydrogen-bond acceptors (Lipinski definition) is 12. The number of aliphatic hydroxyl groups is 1. The number of aromatic amines is 2. The maximum absolute atomic E-state index is 14.5. The Bertz CT molecular complexity index is 4180. The summed E-state index contributed by atoms with van der Waals surface area (Å²) in [5, 5.41) is 23.2. The number of carbonyl (C=O) groups is 1. The van der Waals surface area contributed by atoms with Crippen molar-refractivity contribution in [2.75, 3.05) is 46.6 Å². The van der Waals surface area contributed by atoms with E-state index in [0.717, 1.165) is 23.8 Å². The van der Waals surface area contributed by atoms with Gasteiger partial charge in [0.05, 0.1) is 103 Å². The number of aromatic nitrogens is 6. The van der Waals surface area contributed by atoms with Crippen LogP contribution in [0.2, 0.25) is 0 Å². The van der Waals surface area contributed by atoms with Crippen molar-refractivity contribution in [3.63, 3.8) is 0 Å². The molecule has 2 saturated heterocycles. The molecule has 2 fully saturated rings. The van der Waals surface area contributed by atoms with Crippen molar-refractivity contribution in [2.45, 2.75) is 118 Å². The molecule has 0 unspecified atom stereocenters. The van der Waals surface area contributed by atoms with Gasteiger partial charge in [0.2, 0.25) is 0 Å². The molecule has 1 amide bonds. The molecule has 2 aromatic heterocycles. The van der Waals surface area contributed by atoms with Gasteiger partial charge in [-0.3, -0.25) is 14.0 Å². The van der Waals surface area contributed by atoms with Crippen molar-refractivity contribution in [3.05, 3.63) is 283 Å². The molecular formula is C73H74F12N8O9. The Labute approximate surface area is 578 Å². The summed E-state index contributed by atoms with van der Waals surface area (Å²) in [5.41, 5.74) is -7.70. The first-order valence-electron chi connectivity index (χ1n) is 32.1. The third kappa shape index (κ3) is 18.6. The minimum atomic E-state index is -5.05. The standard InChI is InChI=1S/C40H38F6N4O5.C32H32F6N4O3.CH4O/c1-28(31-19-33(39(41,42)43)21-34(20-31)40(44,45)46)55-26-38(32-15-9-4-10-16-32)18-17-37(50-27-47-48-35(50)51,25-53-22-29-11-5-2-6-12-29)24-49(38)36(52)54-23-30-13-7-3-8-14-30;1-22(24-14-26(31(33,34)35)16-27(15-24)32(36,37)38)45-20-30(25-10-6-3-7-11-25)13-12-29(18-39-30,42-21-40-41-28(42)43)19-44-17-23-8-4-2-5-9-23;1-2/h2-16,19-21,27-28H,17-18,22-26H2,1H3,(H,48,51);2-11,14-16,21-22,39H,12-13,17-20H2,1H3,(H,41,43);2H,1H3/t28-,37+,38-;22-,29+,30-;/m11./s1. The first-order valence-corrected chi connectivity index (χ1v) is 32.1. The second-order valence-electron chi connectivity index (χ2n) is 24.9. The number of benzene rings is 7. The molecule has 544 valence electrons. The Kier molecular flexibility index (Phi) is 24.6. The molecule has 0 aliphatic carbocycles. The zero-order chi connectivity index (χ0) is 73.6. The highest BCUT2D eigenvalue weighted by molar-refractivity contribution is 5.70. The SMILES string of the molecule is CO.C[C@@H](OC[C@@]1(c2ccccc2)CC[C@](COCc2ccccc2)(n2cn[nH]c2=O)CN1)c1cc(C(F)(F)F)cc(C(F)(F)F)c1.C[C@@H](OC[C@@]1(c2ccccc2)CC[C@](COCc2ccccc2)(n2cn[nH]c2=O)CN1C(=O)OCc1ccccc1)c1cc(C(F)(F)F)cc(C(F)(F)F)c1. The highest BCUT2D eigenvalue weighted by Crippen LogP contribution is 2.47. The smallest absolute Gasteiger partial charge is 0.416 e. The molecule has 29 heteroatoms. The molecule has 4 N–H and O–H groups in total. The minimum absolute atomic E-state index is 0.0453. The van der Waals surface area contributed by atoms with Gasteiger partial charge in [0, 0.05) is 13.7 Å². The van der Waals surface area contributed by atoms with Crippen molar-refractivity contribution in [2.24, 2.45) is 0 Å². The molecule has 17 nitrogen and oxygen atoms in total. The number of rotatable bonds is 22. The highest BCUT2D eigenvalue weighted by Gasteiger charge is 2.54. The van der Waals surface area contributed by atoms with Gasteiger partial charge in [-0.1, -0.05) is 152 Å². The van der Waals surface area contributed by atoms with Crippen LogP contribution in [-0.4, -0.2) is 92.3 Å². The number of ether oxygens (including phenoxy) is 5. The lowest BCUT2D eigenvalue weighted by Crippen LogP contribution is -2.64. The third-order valence-corrected chi connectivity index (χ3v) is 18.2. The summed E-state index contributed by atoms with van der Waals surface area (Å²) in [6, 6.07) is 48.6. The molecule has 0 spiro atoms. The van der Waals surface area contributed by atoms with Crippen LogP contribution in [0.5, 0.6) is 0 Å². The minimum Gasteiger partial charge on any atom is -0.445 e. The van der Waals surface area contributed by atoms with Crippen molar-refractivity contribution >= 4 is 6.09 Å². The van der Waals surface area contributed by atoms with Crippen LogP contribution in [0.1, 0.15) is 113 Å². The van der Waals surface area contributed by atoms with E-state index in [1.54, 1.807) is 54.6 Å². The maximum atomic E-state index is 14.5.